The molecule has 1 saturated carbocycles. The highest BCUT2D eigenvalue weighted by Crippen LogP contribution is 2.30. The first-order valence-corrected chi connectivity index (χ1v) is 7.79. The second-order valence-electron chi connectivity index (χ2n) is 4.67. The summed E-state index contributed by atoms with van der Waals surface area (Å²) in [7, 11) is -3.28. The fraction of sp³-hybridized carbons (Fsp3) is 0.429. The van der Waals surface area contributed by atoms with E-state index in [4.69, 9.17) is 5.11 Å². The lowest BCUT2D eigenvalue weighted by molar-refractivity contribution is 0.305. The van der Waals surface area contributed by atoms with E-state index in [1.54, 1.807) is 12.1 Å². The highest BCUT2D eigenvalue weighted by molar-refractivity contribution is 7.93. The van der Waals surface area contributed by atoms with Gasteiger partial charge in [-0.3, -0.25) is 4.72 Å². The van der Waals surface area contributed by atoms with Crippen molar-refractivity contribution in [2.45, 2.75) is 31.4 Å². The average Bonchev–Trinajstić information content (AvgIpc) is 3.16. The Balaban J connectivity index is 2.27. The third-order valence-electron chi connectivity index (χ3n) is 2.85. The molecule has 1 aliphatic rings. The van der Waals surface area contributed by atoms with Gasteiger partial charge >= 0.3 is 0 Å². The summed E-state index contributed by atoms with van der Waals surface area (Å²) in [5, 5.41) is 8.45. The molecule has 19 heavy (non-hydrogen) atoms. The van der Waals surface area contributed by atoms with Crippen molar-refractivity contribution in [3.05, 3.63) is 29.3 Å². The fourth-order valence-corrected chi connectivity index (χ4v) is 3.08. The second-order valence-corrected chi connectivity index (χ2v) is 6.63. The Kier molecular flexibility index (Phi) is 4.13. The highest BCUT2D eigenvalue weighted by Gasteiger charge is 2.35. The minimum absolute atomic E-state index is 0.00198. The molecule has 0 aliphatic heterocycles. The number of hydrogen-bond acceptors (Lipinski definition) is 3. The minimum Gasteiger partial charge on any atom is -0.395 e. The van der Waals surface area contributed by atoms with Gasteiger partial charge in [-0.25, -0.2) is 8.42 Å². The number of aliphatic hydroxyl groups excluding tert-OH is 1. The van der Waals surface area contributed by atoms with E-state index in [1.165, 1.54) is 0 Å². The van der Waals surface area contributed by atoms with Crippen LogP contribution in [0.3, 0.4) is 0 Å². The van der Waals surface area contributed by atoms with Gasteiger partial charge in [0.1, 0.15) is 0 Å². The van der Waals surface area contributed by atoms with E-state index in [0.717, 1.165) is 18.4 Å². The number of hydrogen-bond donors (Lipinski definition) is 2. The number of anilines is 1. The Bertz CT molecular complexity index is 622. The second kappa shape index (κ2) is 5.64. The van der Waals surface area contributed by atoms with E-state index in [0.29, 0.717) is 17.7 Å². The number of sulfonamides is 1. The summed E-state index contributed by atoms with van der Waals surface area (Å²) in [6.07, 6.45) is 1.84. The predicted octanol–water partition coefficient (Wildman–Crippen LogP) is 1.63. The molecule has 0 heterocycles. The molecule has 5 heteroatoms. The zero-order valence-electron chi connectivity index (χ0n) is 10.8. The first kappa shape index (κ1) is 13.9. The largest absolute Gasteiger partial charge is 0.395 e. The summed E-state index contributed by atoms with van der Waals surface area (Å²) in [6.45, 7) is 1.90. The van der Waals surface area contributed by atoms with Crippen molar-refractivity contribution in [1.82, 2.24) is 0 Å². The first-order chi connectivity index (χ1) is 9.03. The van der Waals surface area contributed by atoms with Gasteiger partial charge in [0.25, 0.3) is 0 Å². The number of nitrogens with one attached hydrogen (secondary N) is 1. The lowest BCUT2D eigenvalue weighted by Crippen LogP contribution is -2.18. The van der Waals surface area contributed by atoms with Crippen molar-refractivity contribution in [2.75, 3.05) is 11.3 Å². The topological polar surface area (TPSA) is 66.4 Å². The van der Waals surface area contributed by atoms with Crippen LogP contribution in [0.15, 0.2) is 18.2 Å². The minimum atomic E-state index is -3.28. The van der Waals surface area contributed by atoms with Crippen molar-refractivity contribution in [3.8, 4) is 11.8 Å². The fourth-order valence-electron chi connectivity index (χ4n) is 1.68. The summed E-state index contributed by atoms with van der Waals surface area (Å²) >= 11 is 0. The normalized spacial score (nSPS) is 14.6. The standard InChI is InChI=1S/C14H17NO3S/c1-11-5-6-12(4-2-3-9-16)14(10-11)15-19(17,18)13-7-8-13/h5-6,10,13,15-16H,3,7-9H2,1H3. The van der Waals surface area contributed by atoms with Crippen LogP contribution >= 0.6 is 0 Å². The quantitative estimate of drug-likeness (QED) is 0.823. The number of benzene rings is 1. The molecule has 1 aliphatic carbocycles. The molecule has 1 aromatic rings. The number of rotatable bonds is 4. The lowest BCUT2D eigenvalue weighted by atomic mass is 10.1. The van der Waals surface area contributed by atoms with Gasteiger partial charge in [-0.2, -0.15) is 0 Å². The van der Waals surface area contributed by atoms with E-state index in [9.17, 15) is 8.42 Å². The summed E-state index contributed by atoms with van der Waals surface area (Å²) in [4.78, 5) is 0. The molecule has 0 amide bonds. The predicted molar refractivity (Wildman–Crippen MR) is 75.3 cm³/mol. The van der Waals surface area contributed by atoms with E-state index >= 15 is 0 Å². The molecule has 102 valence electrons. The van der Waals surface area contributed by atoms with E-state index in [1.807, 2.05) is 13.0 Å². The maximum Gasteiger partial charge on any atom is 0.235 e. The molecule has 2 rings (SSSR count). The highest BCUT2D eigenvalue weighted by atomic mass is 32.2. The molecular formula is C14H17NO3S. The number of aliphatic hydroxyl groups is 1. The first-order valence-electron chi connectivity index (χ1n) is 6.25. The van der Waals surface area contributed by atoms with Crippen molar-refractivity contribution < 1.29 is 13.5 Å². The Morgan fingerprint density at radius 1 is 1.42 bits per heavy atom. The molecule has 2 N–H and O–H groups in total. The third kappa shape index (κ3) is 3.72. The van der Waals surface area contributed by atoms with E-state index in [-0.39, 0.29) is 11.9 Å². The van der Waals surface area contributed by atoms with Gasteiger partial charge in [0, 0.05) is 12.0 Å². The van der Waals surface area contributed by atoms with Crippen molar-refractivity contribution in [3.63, 3.8) is 0 Å². The van der Waals surface area contributed by atoms with Crippen LogP contribution in [0.25, 0.3) is 0 Å². The molecule has 4 nitrogen and oxygen atoms in total. The van der Waals surface area contributed by atoms with Crippen LogP contribution in [-0.2, 0) is 10.0 Å². The van der Waals surface area contributed by atoms with Crippen molar-refractivity contribution in [2.24, 2.45) is 0 Å². The molecule has 0 spiro atoms. The zero-order chi connectivity index (χ0) is 13.9. The number of aryl methyl sites for hydroxylation is 1. The summed E-state index contributed by atoms with van der Waals surface area (Å²) in [5.41, 5.74) is 2.14. The van der Waals surface area contributed by atoms with Gasteiger partial charge in [0.2, 0.25) is 10.0 Å². The SMILES string of the molecule is Cc1ccc(C#CCCO)c(NS(=O)(=O)C2CC2)c1. The molecule has 0 unspecified atom stereocenters. The smallest absolute Gasteiger partial charge is 0.235 e. The van der Waals surface area contributed by atoms with Gasteiger partial charge in [0.05, 0.1) is 17.5 Å². The van der Waals surface area contributed by atoms with Crippen LogP contribution in [0.4, 0.5) is 5.69 Å². The van der Waals surface area contributed by atoms with Gasteiger partial charge < -0.3 is 5.11 Å². The summed E-state index contributed by atoms with van der Waals surface area (Å²) in [6, 6.07) is 5.46. The van der Waals surface area contributed by atoms with Gasteiger partial charge in [-0.05, 0) is 37.5 Å². The monoisotopic (exact) mass is 279 g/mol. The maximum atomic E-state index is 12.0. The van der Waals surface area contributed by atoms with Crippen LogP contribution < -0.4 is 4.72 Å². The Labute approximate surface area is 113 Å². The van der Waals surface area contributed by atoms with Crippen molar-refractivity contribution >= 4 is 15.7 Å². The molecule has 0 saturated heterocycles. The molecule has 0 bridgehead atoms. The molecule has 1 fully saturated rings. The third-order valence-corrected chi connectivity index (χ3v) is 4.70. The Morgan fingerprint density at radius 3 is 2.79 bits per heavy atom. The molecular weight excluding hydrogens is 262 g/mol. The van der Waals surface area contributed by atoms with Gasteiger partial charge in [0.15, 0.2) is 0 Å². The van der Waals surface area contributed by atoms with Crippen LogP contribution in [0.2, 0.25) is 0 Å². The van der Waals surface area contributed by atoms with Crippen LogP contribution in [0.5, 0.6) is 0 Å². The van der Waals surface area contributed by atoms with Crippen LogP contribution in [0, 0.1) is 18.8 Å². The van der Waals surface area contributed by atoms with Gasteiger partial charge in [-0.15, -0.1) is 0 Å². The molecule has 0 radical (unpaired) electrons. The summed E-state index contributed by atoms with van der Waals surface area (Å²) in [5.74, 6) is 5.69. The Morgan fingerprint density at radius 2 is 2.16 bits per heavy atom. The lowest BCUT2D eigenvalue weighted by Gasteiger charge is -2.10. The van der Waals surface area contributed by atoms with Gasteiger partial charge in [-0.1, -0.05) is 17.9 Å². The molecule has 1 aromatic carbocycles. The molecule has 0 aromatic heterocycles. The maximum absolute atomic E-state index is 12.0. The summed E-state index contributed by atoms with van der Waals surface area (Å²) < 4.78 is 26.5. The average molecular weight is 279 g/mol. The van der Waals surface area contributed by atoms with Crippen LogP contribution in [0.1, 0.15) is 30.4 Å². The van der Waals surface area contributed by atoms with E-state index < -0.39 is 10.0 Å². The molecule has 0 atom stereocenters. The van der Waals surface area contributed by atoms with E-state index in [2.05, 4.69) is 16.6 Å². The zero-order valence-corrected chi connectivity index (χ0v) is 11.6. The van der Waals surface area contributed by atoms with Crippen molar-refractivity contribution in [1.29, 1.82) is 0 Å². The van der Waals surface area contributed by atoms with Crippen LogP contribution in [-0.4, -0.2) is 25.4 Å². The Hall–Kier alpha value is -1.51.